The average Bonchev–Trinajstić information content (AvgIpc) is 2.48. The monoisotopic (exact) mass is 282 g/mol. The van der Waals surface area contributed by atoms with Gasteiger partial charge >= 0.3 is 0 Å². The summed E-state index contributed by atoms with van der Waals surface area (Å²) >= 11 is 0. The third-order valence-electron chi connectivity index (χ3n) is 3.24. The largest absolute Gasteiger partial charge is 0.326 e. The molecule has 0 bridgehead atoms. The zero-order chi connectivity index (χ0) is 15.2. The van der Waals surface area contributed by atoms with Gasteiger partial charge in [0.2, 0.25) is 5.91 Å². The lowest BCUT2D eigenvalue weighted by Gasteiger charge is -2.09. The van der Waals surface area contributed by atoms with E-state index < -0.39 is 0 Å². The van der Waals surface area contributed by atoms with Crippen molar-refractivity contribution in [1.29, 1.82) is 0 Å². The summed E-state index contributed by atoms with van der Waals surface area (Å²) in [7, 11) is 0. The minimum atomic E-state index is -0.128. The van der Waals surface area contributed by atoms with Crippen LogP contribution in [0, 0.1) is 0 Å². The number of carbonyl (C=O) groups is 2. The van der Waals surface area contributed by atoms with Gasteiger partial charge in [0.1, 0.15) is 0 Å². The number of nitrogens with two attached hydrogens (primary N) is 1. The maximum absolute atomic E-state index is 12.1. The molecule has 2 aromatic rings. The molecule has 0 aromatic heterocycles. The van der Waals surface area contributed by atoms with E-state index in [2.05, 4.69) is 5.32 Å². The fraction of sp³-hybridized carbons (Fsp3) is 0.176. The van der Waals surface area contributed by atoms with Gasteiger partial charge in [-0.3, -0.25) is 9.59 Å². The molecule has 2 aromatic carbocycles. The van der Waals surface area contributed by atoms with Crippen LogP contribution in [0.4, 0.5) is 5.69 Å². The number of amides is 1. The van der Waals surface area contributed by atoms with Crippen molar-refractivity contribution < 1.29 is 9.59 Å². The minimum absolute atomic E-state index is 0.0282. The van der Waals surface area contributed by atoms with Crippen molar-refractivity contribution in [3.63, 3.8) is 0 Å². The summed E-state index contributed by atoms with van der Waals surface area (Å²) in [4.78, 5) is 23.4. The molecule has 0 aliphatic rings. The van der Waals surface area contributed by atoms with Crippen molar-refractivity contribution in [2.75, 3.05) is 5.32 Å². The van der Waals surface area contributed by atoms with Crippen LogP contribution in [0.1, 0.15) is 28.4 Å². The quantitative estimate of drug-likeness (QED) is 0.828. The molecule has 1 amide bonds. The fourth-order valence-electron chi connectivity index (χ4n) is 2.12. The highest BCUT2D eigenvalue weighted by Crippen LogP contribution is 2.13. The molecule has 0 saturated heterocycles. The minimum Gasteiger partial charge on any atom is -0.326 e. The fourth-order valence-corrected chi connectivity index (χ4v) is 2.12. The van der Waals surface area contributed by atoms with Crippen LogP contribution in [0.3, 0.4) is 0 Å². The first-order valence-electron chi connectivity index (χ1n) is 6.78. The molecule has 4 nitrogen and oxygen atoms in total. The molecule has 0 aliphatic heterocycles. The second-order valence-corrected chi connectivity index (χ2v) is 4.83. The third kappa shape index (κ3) is 4.00. The molecule has 0 radical (unpaired) electrons. The predicted octanol–water partition coefficient (Wildman–Crippen LogP) is 2.53. The van der Waals surface area contributed by atoms with E-state index in [-0.39, 0.29) is 18.1 Å². The van der Waals surface area contributed by atoms with Gasteiger partial charge in [0.25, 0.3) is 0 Å². The summed E-state index contributed by atoms with van der Waals surface area (Å²) < 4.78 is 0. The SMILES string of the molecule is CC(=O)c1cccc(NC(=O)Cc2ccccc2CN)c1. The van der Waals surface area contributed by atoms with Crippen LogP contribution >= 0.6 is 0 Å². The van der Waals surface area contributed by atoms with E-state index in [0.717, 1.165) is 11.1 Å². The summed E-state index contributed by atoms with van der Waals surface area (Å²) in [5, 5.41) is 2.81. The van der Waals surface area contributed by atoms with Gasteiger partial charge < -0.3 is 11.1 Å². The molecule has 0 unspecified atom stereocenters. The number of benzene rings is 2. The highest BCUT2D eigenvalue weighted by Gasteiger charge is 2.08. The Balaban J connectivity index is 2.08. The van der Waals surface area contributed by atoms with Gasteiger partial charge in [0, 0.05) is 17.8 Å². The van der Waals surface area contributed by atoms with Crippen LogP contribution in [-0.2, 0) is 17.8 Å². The number of hydrogen-bond donors (Lipinski definition) is 2. The lowest BCUT2D eigenvalue weighted by molar-refractivity contribution is -0.115. The molecule has 108 valence electrons. The summed E-state index contributed by atoms with van der Waals surface area (Å²) in [6.07, 6.45) is 0.262. The van der Waals surface area contributed by atoms with Crippen molar-refractivity contribution in [3.05, 3.63) is 65.2 Å². The average molecular weight is 282 g/mol. The van der Waals surface area contributed by atoms with Crippen molar-refractivity contribution in [2.45, 2.75) is 19.9 Å². The zero-order valence-electron chi connectivity index (χ0n) is 11.9. The number of hydrogen-bond acceptors (Lipinski definition) is 3. The molecule has 3 N–H and O–H groups in total. The van der Waals surface area contributed by atoms with Gasteiger partial charge in [0.15, 0.2) is 5.78 Å². The van der Waals surface area contributed by atoms with Gasteiger partial charge in [-0.1, -0.05) is 36.4 Å². The molecule has 0 spiro atoms. The van der Waals surface area contributed by atoms with Crippen molar-refractivity contribution >= 4 is 17.4 Å². The van der Waals surface area contributed by atoms with E-state index in [0.29, 0.717) is 17.8 Å². The molecule has 21 heavy (non-hydrogen) atoms. The second kappa shape index (κ2) is 6.81. The maximum atomic E-state index is 12.1. The smallest absolute Gasteiger partial charge is 0.228 e. The van der Waals surface area contributed by atoms with Crippen LogP contribution in [0.15, 0.2) is 48.5 Å². The second-order valence-electron chi connectivity index (χ2n) is 4.83. The lowest BCUT2D eigenvalue weighted by Crippen LogP contribution is -2.16. The molecular weight excluding hydrogens is 264 g/mol. The van der Waals surface area contributed by atoms with Crippen molar-refractivity contribution in [2.24, 2.45) is 5.73 Å². The molecule has 2 rings (SSSR count). The van der Waals surface area contributed by atoms with Gasteiger partial charge in [-0.25, -0.2) is 0 Å². The van der Waals surface area contributed by atoms with E-state index in [4.69, 9.17) is 5.73 Å². The Labute approximate surface area is 124 Å². The first-order chi connectivity index (χ1) is 10.1. The van der Waals surface area contributed by atoms with Gasteiger partial charge in [-0.05, 0) is 30.2 Å². The summed E-state index contributed by atoms with van der Waals surface area (Å²) in [5.41, 5.74) is 8.74. The molecule has 0 fully saturated rings. The van der Waals surface area contributed by atoms with Gasteiger partial charge in [-0.15, -0.1) is 0 Å². The predicted molar refractivity (Wildman–Crippen MR) is 83.1 cm³/mol. The van der Waals surface area contributed by atoms with E-state index in [1.807, 2.05) is 24.3 Å². The van der Waals surface area contributed by atoms with Crippen LogP contribution in [0.5, 0.6) is 0 Å². The summed E-state index contributed by atoms with van der Waals surface area (Å²) in [6.45, 7) is 1.90. The highest BCUT2D eigenvalue weighted by molar-refractivity contribution is 5.97. The molecule has 4 heteroatoms. The van der Waals surface area contributed by atoms with Crippen LogP contribution in [-0.4, -0.2) is 11.7 Å². The molecule has 0 heterocycles. The van der Waals surface area contributed by atoms with Crippen molar-refractivity contribution in [3.8, 4) is 0 Å². The van der Waals surface area contributed by atoms with E-state index in [9.17, 15) is 9.59 Å². The summed E-state index contributed by atoms with van der Waals surface area (Å²) in [6, 6.07) is 14.5. The van der Waals surface area contributed by atoms with E-state index >= 15 is 0 Å². The van der Waals surface area contributed by atoms with Gasteiger partial charge in [-0.2, -0.15) is 0 Å². The normalized spacial score (nSPS) is 10.2. The first-order valence-corrected chi connectivity index (χ1v) is 6.78. The first kappa shape index (κ1) is 14.9. The lowest BCUT2D eigenvalue weighted by atomic mass is 10.0. The number of ketones is 1. The number of Topliss-reactive ketones (excluding diaryl/α,β-unsaturated/α-hetero) is 1. The molecule has 0 aliphatic carbocycles. The topological polar surface area (TPSA) is 72.2 Å². The number of anilines is 1. The molecular formula is C17H18N2O2. The Morgan fingerprint density at radius 3 is 2.43 bits per heavy atom. The van der Waals surface area contributed by atoms with E-state index in [1.54, 1.807) is 24.3 Å². The standard InChI is InChI=1S/C17H18N2O2/c1-12(20)13-7-4-8-16(9-13)19-17(21)10-14-5-2-3-6-15(14)11-18/h2-9H,10-11,18H2,1H3,(H,19,21). The number of nitrogens with one attached hydrogen (secondary N) is 1. The summed E-state index contributed by atoms with van der Waals surface area (Å²) in [5.74, 6) is -0.156. The Morgan fingerprint density at radius 2 is 1.76 bits per heavy atom. The molecule has 0 atom stereocenters. The van der Waals surface area contributed by atoms with E-state index in [1.165, 1.54) is 6.92 Å². The van der Waals surface area contributed by atoms with Gasteiger partial charge in [0.05, 0.1) is 6.42 Å². The number of carbonyl (C=O) groups excluding carboxylic acids is 2. The highest BCUT2D eigenvalue weighted by atomic mass is 16.1. The Bertz CT molecular complexity index is 665. The Hall–Kier alpha value is -2.46. The van der Waals surface area contributed by atoms with Crippen LogP contribution in [0.25, 0.3) is 0 Å². The van der Waals surface area contributed by atoms with Crippen LogP contribution in [0.2, 0.25) is 0 Å². The maximum Gasteiger partial charge on any atom is 0.228 e. The van der Waals surface area contributed by atoms with Crippen LogP contribution < -0.4 is 11.1 Å². The molecule has 0 saturated carbocycles. The zero-order valence-corrected chi connectivity index (χ0v) is 11.9. The Morgan fingerprint density at radius 1 is 1.05 bits per heavy atom. The third-order valence-corrected chi connectivity index (χ3v) is 3.24. The Kier molecular flexibility index (Phi) is 4.85. The number of rotatable bonds is 5. The van der Waals surface area contributed by atoms with Crippen molar-refractivity contribution in [1.82, 2.24) is 0 Å².